The Hall–Kier alpha value is -1.93. The third-order valence-electron chi connectivity index (χ3n) is 5.96. The van der Waals surface area contributed by atoms with Crippen LogP contribution in [0.15, 0.2) is 30.3 Å². The van der Waals surface area contributed by atoms with Crippen molar-refractivity contribution >= 4 is 21.8 Å². The van der Waals surface area contributed by atoms with E-state index in [2.05, 4.69) is 5.32 Å². The Labute approximate surface area is 167 Å². The molecule has 0 radical (unpaired) electrons. The van der Waals surface area contributed by atoms with Gasteiger partial charge in [0.2, 0.25) is 21.8 Å². The van der Waals surface area contributed by atoms with Crippen molar-refractivity contribution in [3.05, 3.63) is 35.9 Å². The first kappa shape index (κ1) is 20.8. The van der Waals surface area contributed by atoms with Crippen molar-refractivity contribution in [1.82, 2.24) is 14.5 Å². The number of likely N-dealkylation sites (tertiary alicyclic amines) is 1. The Morgan fingerprint density at radius 3 is 2.32 bits per heavy atom. The topological polar surface area (TPSA) is 86.8 Å². The van der Waals surface area contributed by atoms with Crippen molar-refractivity contribution in [3.8, 4) is 0 Å². The Bertz CT molecular complexity index is 855. The largest absolute Gasteiger partial charge is 0.347 e. The highest BCUT2D eigenvalue weighted by molar-refractivity contribution is 7.89. The van der Waals surface area contributed by atoms with Crippen LogP contribution in [0.25, 0.3) is 0 Å². The van der Waals surface area contributed by atoms with Crippen molar-refractivity contribution in [2.24, 2.45) is 5.92 Å². The molecular formula is C20H29N3O4S. The zero-order chi connectivity index (χ0) is 20.7. The number of piperidine rings is 1. The Morgan fingerprint density at radius 2 is 1.79 bits per heavy atom. The lowest BCUT2D eigenvalue weighted by Crippen LogP contribution is -2.64. The number of hydrogen-bond acceptors (Lipinski definition) is 4. The summed E-state index contributed by atoms with van der Waals surface area (Å²) in [5.41, 5.74) is 0.123. The maximum Gasteiger partial charge on any atom is 0.219 e. The normalized spacial score (nSPS) is 28.2. The van der Waals surface area contributed by atoms with Gasteiger partial charge in [-0.25, -0.2) is 8.42 Å². The highest BCUT2D eigenvalue weighted by Crippen LogP contribution is 2.49. The van der Waals surface area contributed by atoms with Crippen LogP contribution in [0.5, 0.6) is 0 Å². The van der Waals surface area contributed by atoms with Crippen LogP contribution in [-0.2, 0) is 19.6 Å². The van der Waals surface area contributed by atoms with Crippen molar-refractivity contribution in [2.45, 2.75) is 50.9 Å². The van der Waals surface area contributed by atoms with Crippen molar-refractivity contribution in [2.75, 3.05) is 19.6 Å². The average Bonchev–Trinajstić information content (AvgIpc) is 2.96. The van der Waals surface area contributed by atoms with Crippen LogP contribution in [-0.4, -0.2) is 59.9 Å². The molecule has 0 bridgehead atoms. The maximum atomic E-state index is 13.2. The molecule has 8 heteroatoms. The third kappa shape index (κ3) is 3.55. The van der Waals surface area contributed by atoms with E-state index >= 15 is 0 Å². The summed E-state index contributed by atoms with van der Waals surface area (Å²) in [5, 5.41) is 2.47. The molecule has 1 N–H and O–H groups in total. The molecule has 0 aliphatic carbocycles. The molecule has 2 heterocycles. The predicted molar refractivity (Wildman–Crippen MR) is 107 cm³/mol. The fourth-order valence-electron chi connectivity index (χ4n) is 4.67. The van der Waals surface area contributed by atoms with Gasteiger partial charge in [0.05, 0.1) is 16.8 Å². The molecule has 7 nitrogen and oxygen atoms in total. The van der Waals surface area contributed by atoms with Gasteiger partial charge in [-0.3, -0.25) is 9.59 Å². The third-order valence-corrected chi connectivity index (χ3v) is 8.16. The average molecular weight is 408 g/mol. The van der Waals surface area contributed by atoms with Gasteiger partial charge < -0.3 is 10.2 Å². The molecule has 3 atom stereocenters. The number of nitrogens with one attached hydrogen (secondary N) is 1. The summed E-state index contributed by atoms with van der Waals surface area (Å²) in [7, 11) is -3.57. The molecule has 2 fully saturated rings. The Kier molecular flexibility index (Phi) is 5.55. The lowest BCUT2D eigenvalue weighted by molar-refractivity contribution is -0.134. The van der Waals surface area contributed by atoms with E-state index in [9.17, 15) is 18.0 Å². The van der Waals surface area contributed by atoms with E-state index in [4.69, 9.17) is 0 Å². The summed E-state index contributed by atoms with van der Waals surface area (Å²) in [5.74, 6) is -0.390. The minimum Gasteiger partial charge on any atom is -0.347 e. The van der Waals surface area contributed by atoms with Crippen LogP contribution in [0.3, 0.4) is 0 Å². The Morgan fingerprint density at radius 1 is 1.14 bits per heavy atom. The van der Waals surface area contributed by atoms with Crippen LogP contribution in [0, 0.1) is 5.92 Å². The molecule has 3 rings (SSSR count). The Balaban J connectivity index is 2.13. The summed E-state index contributed by atoms with van der Waals surface area (Å²) >= 11 is 0. The van der Waals surface area contributed by atoms with E-state index in [1.165, 1.54) is 13.8 Å². The first-order valence-corrected chi connectivity index (χ1v) is 11.2. The van der Waals surface area contributed by atoms with Crippen molar-refractivity contribution < 1.29 is 18.0 Å². The fourth-order valence-corrected chi connectivity index (χ4v) is 6.21. The van der Waals surface area contributed by atoms with Crippen LogP contribution >= 0.6 is 0 Å². The van der Waals surface area contributed by atoms with E-state index < -0.39 is 20.8 Å². The van der Waals surface area contributed by atoms with Gasteiger partial charge in [0, 0.05) is 39.4 Å². The molecule has 2 saturated heterocycles. The first-order chi connectivity index (χ1) is 13.1. The summed E-state index contributed by atoms with van der Waals surface area (Å²) < 4.78 is 28.0. The molecule has 28 heavy (non-hydrogen) atoms. The number of carbonyl (C=O) groups is 2. The molecule has 0 aromatic heterocycles. The minimum atomic E-state index is -3.57. The molecule has 0 unspecified atom stereocenters. The van der Waals surface area contributed by atoms with Crippen molar-refractivity contribution in [1.29, 1.82) is 0 Å². The van der Waals surface area contributed by atoms with E-state index in [0.29, 0.717) is 19.5 Å². The van der Waals surface area contributed by atoms with Crippen molar-refractivity contribution in [3.63, 3.8) is 0 Å². The zero-order valence-electron chi connectivity index (χ0n) is 16.9. The highest BCUT2D eigenvalue weighted by Gasteiger charge is 2.59. The van der Waals surface area contributed by atoms with Gasteiger partial charge in [0.1, 0.15) is 0 Å². The first-order valence-electron chi connectivity index (χ1n) is 9.68. The van der Waals surface area contributed by atoms with Crippen LogP contribution in [0.4, 0.5) is 0 Å². The smallest absolute Gasteiger partial charge is 0.219 e. The van der Waals surface area contributed by atoms with E-state index in [1.807, 2.05) is 30.3 Å². The van der Waals surface area contributed by atoms with Gasteiger partial charge in [-0.15, -0.1) is 0 Å². The van der Waals surface area contributed by atoms with Gasteiger partial charge in [-0.2, -0.15) is 4.31 Å². The second-order valence-electron chi connectivity index (χ2n) is 8.17. The van der Waals surface area contributed by atoms with Gasteiger partial charge in [0.15, 0.2) is 0 Å². The second-order valence-corrected chi connectivity index (χ2v) is 10.6. The van der Waals surface area contributed by atoms with E-state index in [0.717, 1.165) is 5.56 Å². The fraction of sp³-hybridized carbons (Fsp3) is 0.600. The standard InChI is InChI=1S/C20H29N3O4S/c1-14(2)28(26,27)23-13-20(21-15(3)24)12-22(16(4)25)11-10-18(20)19(23)17-8-6-5-7-9-17/h5-9,14,18-19H,10-13H2,1-4H3,(H,21,24)/t18-,19-,20-/m1/s1. The summed E-state index contributed by atoms with van der Waals surface area (Å²) in [6, 6.07) is 9.22. The summed E-state index contributed by atoms with van der Waals surface area (Å²) in [6.45, 7) is 7.34. The lowest BCUT2D eigenvalue weighted by atomic mass is 9.75. The molecule has 154 valence electrons. The van der Waals surface area contributed by atoms with Gasteiger partial charge in [-0.05, 0) is 25.8 Å². The highest BCUT2D eigenvalue weighted by atomic mass is 32.2. The maximum absolute atomic E-state index is 13.2. The molecule has 2 aliphatic heterocycles. The van der Waals surface area contributed by atoms with E-state index in [-0.39, 0.29) is 30.3 Å². The zero-order valence-corrected chi connectivity index (χ0v) is 17.7. The summed E-state index contributed by atoms with van der Waals surface area (Å²) in [6.07, 6.45) is 0.629. The predicted octanol–water partition coefficient (Wildman–Crippen LogP) is 1.52. The number of benzene rings is 1. The molecule has 1 aromatic carbocycles. The SMILES string of the molecule is CC(=O)N[C@@]12CN(C(C)=O)CC[C@@H]1[C@@H](c1ccccc1)N(S(=O)(=O)C(C)C)C2. The lowest BCUT2D eigenvalue weighted by Gasteiger charge is -2.45. The summed E-state index contributed by atoms with van der Waals surface area (Å²) in [4.78, 5) is 25.8. The van der Waals surface area contributed by atoms with Gasteiger partial charge in [0.25, 0.3) is 0 Å². The molecule has 0 saturated carbocycles. The number of hydrogen-bond donors (Lipinski definition) is 1. The molecular weight excluding hydrogens is 378 g/mol. The van der Waals surface area contributed by atoms with Crippen LogP contribution < -0.4 is 5.32 Å². The number of amides is 2. The number of nitrogens with zero attached hydrogens (tertiary/aromatic N) is 2. The van der Waals surface area contributed by atoms with E-state index in [1.54, 1.807) is 23.1 Å². The van der Waals surface area contributed by atoms with Gasteiger partial charge >= 0.3 is 0 Å². The quantitative estimate of drug-likeness (QED) is 0.820. The van der Waals surface area contributed by atoms with Crippen LogP contribution in [0.1, 0.15) is 45.7 Å². The molecule has 0 spiro atoms. The number of sulfonamides is 1. The number of fused-ring (bicyclic) bond motifs is 1. The van der Waals surface area contributed by atoms with Gasteiger partial charge in [-0.1, -0.05) is 30.3 Å². The molecule has 2 amide bonds. The molecule has 2 aliphatic rings. The monoisotopic (exact) mass is 407 g/mol. The second kappa shape index (κ2) is 7.48. The minimum absolute atomic E-state index is 0.0652. The van der Waals surface area contributed by atoms with Crippen LogP contribution in [0.2, 0.25) is 0 Å². The number of carbonyl (C=O) groups excluding carboxylic acids is 2. The number of rotatable bonds is 4. The molecule has 1 aromatic rings.